The molecule has 0 aliphatic carbocycles. The Morgan fingerprint density at radius 1 is 1.18 bits per heavy atom. The van der Waals surface area contributed by atoms with Gasteiger partial charge in [0.1, 0.15) is 5.69 Å². The second-order valence-electron chi connectivity index (χ2n) is 4.61. The summed E-state index contributed by atoms with van der Waals surface area (Å²) in [4.78, 5) is 28.0. The number of aryl methyl sites for hydroxylation is 1. The average Bonchev–Trinajstić information content (AvgIpc) is 2.96. The molecule has 0 fully saturated rings. The number of nitrogens with two attached hydrogens (primary N) is 1. The summed E-state index contributed by atoms with van der Waals surface area (Å²) in [6, 6.07) is 12.5. The van der Waals surface area contributed by atoms with Gasteiger partial charge in [-0.15, -0.1) is 11.3 Å². The molecule has 1 amide bonds. The van der Waals surface area contributed by atoms with E-state index in [2.05, 4.69) is 10.1 Å². The highest BCUT2D eigenvalue weighted by Crippen LogP contribution is 2.35. The summed E-state index contributed by atoms with van der Waals surface area (Å²) in [5, 5.41) is 4.44. The van der Waals surface area contributed by atoms with Crippen LogP contribution >= 0.6 is 11.3 Å². The molecule has 0 saturated heterocycles. The smallest absolute Gasteiger partial charge is 0.277 e. The molecular weight excluding hydrogens is 300 g/mol. The van der Waals surface area contributed by atoms with Crippen LogP contribution in [0.2, 0.25) is 0 Å². The van der Waals surface area contributed by atoms with Gasteiger partial charge in [-0.3, -0.25) is 9.59 Å². The molecule has 2 aromatic heterocycles. The molecule has 3 aromatic rings. The lowest BCUT2D eigenvalue weighted by Crippen LogP contribution is -2.18. The van der Waals surface area contributed by atoms with E-state index in [1.54, 1.807) is 13.1 Å². The fraction of sp³-hybridized carbons (Fsp3) is 0.0667. The number of hydrogen-bond acceptors (Lipinski definition) is 5. The monoisotopic (exact) mass is 312 g/mol. The van der Waals surface area contributed by atoms with Gasteiger partial charge >= 0.3 is 0 Å². The highest BCUT2D eigenvalue weighted by Gasteiger charge is 2.18. The van der Waals surface area contributed by atoms with E-state index < -0.39 is 5.91 Å². The van der Waals surface area contributed by atoms with Gasteiger partial charge in [0.05, 0.1) is 10.6 Å². The topological polar surface area (TPSA) is 90.9 Å². The molecule has 0 aliphatic rings. The molecule has 0 spiro atoms. The van der Waals surface area contributed by atoms with Gasteiger partial charge in [0.15, 0.2) is 5.01 Å². The Balaban J connectivity index is 2.23. The fourth-order valence-corrected chi connectivity index (χ4v) is 2.92. The van der Waals surface area contributed by atoms with Crippen LogP contribution in [0.25, 0.3) is 21.8 Å². The fourth-order valence-electron chi connectivity index (χ4n) is 2.01. The predicted octanol–water partition coefficient (Wildman–Crippen LogP) is 1.67. The Hall–Kier alpha value is -2.80. The molecule has 0 radical (unpaired) electrons. The molecule has 1 aromatic carbocycles. The molecule has 2 heterocycles. The van der Waals surface area contributed by atoms with E-state index in [0.29, 0.717) is 16.3 Å². The van der Waals surface area contributed by atoms with E-state index in [1.165, 1.54) is 22.1 Å². The molecule has 22 heavy (non-hydrogen) atoms. The van der Waals surface area contributed by atoms with Crippen molar-refractivity contribution in [1.82, 2.24) is 14.8 Å². The first kappa shape index (κ1) is 14.2. The van der Waals surface area contributed by atoms with E-state index in [0.717, 1.165) is 5.56 Å². The summed E-state index contributed by atoms with van der Waals surface area (Å²) in [6.45, 7) is 0. The highest BCUT2D eigenvalue weighted by molar-refractivity contribution is 7.17. The van der Waals surface area contributed by atoms with Crippen molar-refractivity contribution in [3.63, 3.8) is 0 Å². The molecule has 7 heteroatoms. The Bertz CT molecular complexity index is 899. The van der Waals surface area contributed by atoms with Gasteiger partial charge in [0.25, 0.3) is 11.5 Å². The summed E-state index contributed by atoms with van der Waals surface area (Å²) in [5.41, 5.74) is 7.20. The van der Waals surface area contributed by atoms with E-state index in [-0.39, 0.29) is 10.6 Å². The van der Waals surface area contributed by atoms with Gasteiger partial charge in [0, 0.05) is 18.7 Å². The van der Waals surface area contributed by atoms with Crippen molar-refractivity contribution in [2.24, 2.45) is 12.8 Å². The largest absolute Gasteiger partial charge is 0.364 e. The summed E-state index contributed by atoms with van der Waals surface area (Å²) in [6.07, 6.45) is 0. The zero-order valence-electron chi connectivity index (χ0n) is 11.7. The minimum Gasteiger partial charge on any atom is -0.364 e. The molecule has 110 valence electrons. The van der Waals surface area contributed by atoms with Gasteiger partial charge in [-0.05, 0) is 6.07 Å². The zero-order chi connectivity index (χ0) is 15.7. The van der Waals surface area contributed by atoms with Crippen LogP contribution in [-0.4, -0.2) is 20.7 Å². The van der Waals surface area contributed by atoms with Crippen molar-refractivity contribution in [2.75, 3.05) is 0 Å². The van der Waals surface area contributed by atoms with Crippen molar-refractivity contribution in [1.29, 1.82) is 0 Å². The maximum absolute atomic E-state index is 11.5. The summed E-state index contributed by atoms with van der Waals surface area (Å²) >= 11 is 1.17. The molecule has 6 nitrogen and oxygen atoms in total. The van der Waals surface area contributed by atoms with Crippen molar-refractivity contribution in [3.05, 3.63) is 57.8 Å². The molecular formula is C15H12N4O2S. The third-order valence-corrected chi connectivity index (χ3v) is 4.17. The van der Waals surface area contributed by atoms with Gasteiger partial charge in [0.2, 0.25) is 0 Å². The Kier molecular flexibility index (Phi) is 3.56. The number of thiazole rings is 1. The standard InChI is InChI=1S/C15H12N4O2S/c1-19-11(20)8-7-10(18-19)13-12(9-5-3-2-4-6-9)17-15(22-13)14(16)21/h2-8H,1H3,(H2,16,21). The number of carbonyl (C=O) groups excluding carboxylic acids is 1. The van der Waals surface area contributed by atoms with Gasteiger partial charge in [-0.1, -0.05) is 30.3 Å². The molecule has 3 rings (SSSR count). The minimum atomic E-state index is -0.585. The SMILES string of the molecule is Cn1nc(-c2sc(C(N)=O)nc2-c2ccccc2)ccc1=O. The summed E-state index contributed by atoms with van der Waals surface area (Å²) in [5.74, 6) is -0.585. The normalized spacial score (nSPS) is 10.6. The Morgan fingerprint density at radius 2 is 1.91 bits per heavy atom. The highest BCUT2D eigenvalue weighted by atomic mass is 32.1. The summed E-state index contributed by atoms with van der Waals surface area (Å²) < 4.78 is 1.24. The lowest BCUT2D eigenvalue weighted by Gasteiger charge is -2.03. The van der Waals surface area contributed by atoms with Crippen LogP contribution in [0.15, 0.2) is 47.3 Å². The van der Waals surface area contributed by atoms with Crippen LogP contribution < -0.4 is 11.3 Å². The minimum absolute atomic E-state index is 0.204. The number of benzene rings is 1. The maximum atomic E-state index is 11.5. The first-order valence-electron chi connectivity index (χ1n) is 6.47. The number of hydrogen-bond donors (Lipinski definition) is 1. The Morgan fingerprint density at radius 3 is 2.55 bits per heavy atom. The number of aromatic nitrogens is 3. The molecule has 0 atom stereocenters. The lowest BCUT2D eigenvalue weighted by atomic mass is 10.1. The van der Waals surface area contributed by atoms with Crippen LogP contribution in [0.3, 0.4) is 0 Å². The number of primary amides is 1. The van der Waals surface area contributed by atoms with Crippen LogP contribution in [0.1, 0.15) is 9.80 Å². The third-order valence-electron chi connectivity index (χ3n) is 3.08. The van der Waals surface area contributed by atoms with Crippen LogP contribution in [0.5, 0.6) is 0 Å². The number of amides is 1. The van der Waals surface area contributed by atoms with Crippen molar-refractivity contribution in [3.8, 4) is 21.8 Å². The van der Waals surface area contributed by atoms with E-state index >= 15 is 0 Å². The lowest BCUT2D eigenvalue weighted by molar-refractivity contribution is 0.1000. The first-order chi connectivity index (χ1) is 10.6. The zero-order valence-corrected chi connectivity index (χ0v) is 12.5. The molecule has 2 N–H and O–H groups in total. The van der Waals surface area contributed by atoms with Crippen LogP contribution in [0.4, 0.5) is 0 Å². The van der Waals surface area contributed by atoms with E-state index in [4.69, 9.17) is 5.73 Å². The second-order valence-corrected chi connectivity index (χ2v) is 5.61. The van der Waals surface area contributed by atoms with Gasteiger partial charge < -0.3 is 5.73 Å². The van der Waals surface area contributed by atoms with Crippen LogP contribution in [-0.2, 0) is 7.05 Å². The molecule has 0 saturated carbocycles. The van der Waals surface area contributed by atoms with Crippen molar-refractivity contribution in [2.45, 2.75) is 0 Å². The Labute approximate surface area is 129 Å². The predicted molar refractivity (Wildman–Crippen MR) is 84.5 cm³/mol. The third kappa shape index (κ3) is 2.53. The molecule has 0 aliphatic heterocycles. The average molecular weight is 312 g/mol. The number of rotatable bonds is 3. The van der Waals surface area contributed by atoms with Crippen LogP contribution in [0, 0.1) is 0 Å². The van der Waals surface area contributed by atoms with E-state index in [9.17, 15) is 9.59 Å². The van der Waals surface area contributed by atoms with Gasteiger partial charge in [-0.25, -0.2) is 9.67 Å². The molecule has 0 unspecified atom stereocenters. The van der Waals surface area contributed by atoms with Gasteiger partial charge in [-0.2, -0.15) is 5.10 Å². The van der Waals surface area contributed by atoms with Crippen molar-refractivity contribution >= 4 is 17.2 Å². The quantitative estimate of drug-likeness (QED) is 0.796. The molecule has 0 bridgehead atoms. The van der Waals surface area contributed by atoms with Crippen molar-refractivity contribution < 1.29 is 4.79 Å². The number of carbonyl (C=O) groups is 1. The first-order valence-corrected chi connectivity index (χ1v) is 7.28. The van der Waals surface area contributed by atoms with E-state index in [1.807, 2.05) is 30.3 Å². The number of nitrogens with zero attached hydrogens (tertiary/aromatic N) is 3. The maximum Gasteiger partial charge on any atom is 0.277 e. The second kappa shape index (κ2) is 5.53. The summed E-state index contributed by atoms with van der Waals surface area (Å²) in [7, 11) is 1.57.